The molecule has 1 N–H and O–H groups in total. The predicted molar refractivity (Wildman–Crippen MR) is 76.4 cm³/mol. The lowest BCUT2D eigenvalue weighted by atomic mass is 10.2. The Labute approximate surface area is 120 Å². The smallest absolute Gasteiger partial charge is 0.407 e. The fraction of sp³-hybridized carbons (Fsp3) is 0.800. The van der Waals surface area contributed by atoms with Gasteiger partial charge in [0.05, 0.1) is 0 Å². The van der Waals surface area contributed by atoms with E-state index in [-0.39, 0.29) is 0 Å². The van der Waals surface area contributed by atoms with Gasteiger partial charge in [0.15, 0.2) is 0 Å². The average Bonchev–Trinajstić information content (AvgIpc) is 2.18. The number of ether oxygens (including phenoxy) is 2. The van der Waals surface area contributed by atoms with Crippen molar-refractivity contribution in [2.75, 3.05) is 24.7 Å². The van der Waals surface area contributed by atoms with Gasteiger partial charge >= 0.3 is 11.5 Å². The summed E-state index contributed by atoms with van der Waals surface area (Å²) < 4.78 is 9.61. The zero-order chi connectivity index (χ0) is 14.0. The maximum Gasteiger partial charge on any atom is 0.407 e. The molecule has 0 saturated carbocycles. The molecule has 0 unspecified atom stereocenters. The van der Waals surface area contributed by atoms with Crippen molar-refractivity contribution in [1.82, 2.24) is 5.32 Å². The van der Waals surface area contributed by atoms with Crippen LogP contribution in [0.2, 0.25) is 0 Å². The van der Waals surface area contributed by atoms with E-state index < -0.39 is 17.1 Å². The van der Waals surface area contributed by atoms with Crippen molar-refractivity contribution < 1.29 is 19.1 Å². The Bertz CT molecular complexity index is 271. The van der Waals surface area contributed by atoms with Crippen LogP contribution < -0.4 is 5.32 Å². The van der Waals surface area contributed by atoms with E-state index in [4.69, 9.17) is 16.3 Å². The molecule has 0 aromatic heterocycles. The molecule has 0 bridgehead atoms. The Morgan fingerprint density at radius 1 is 1.22 bits per heavy atom. The summed E-state index contributed by atoms with van der Waals surface area (Å²) in [7, 11) is 3.13. The number of hydrogen-bond acceptors (Lipinski definition) is 6. The van der Waals surface area contributed by atoms with Gasteiger partial charge in [-0.25, -0.2) is 9.59 Å². The molecular weight excluding hydrogens is 298 g/mol. The van der Waals surface area contributed by atoms with Crippen molar-refractivity contribution in [3.8, 4) is 0 Å². The van der Waals surface area contributed by atoms with E-state index in [1.165, 1.54) is 0 Å². The van der Waals surface area contributed by atoms with E-state index in [1.807, 2.05) is 20.8 Å². The molecule has 0 rings (SSSR count). The van der Waals surface area contributed by atoms with Crippen LogP contribution in [-0.2, 0) is 9.47 Å². The number of carbonyl (C=O) groups excluding carboxylic acids is 2. The molecule has 0 saturated heterocycles. The third kappa shape index (κ3) is 13.8. The molecule has 106 valence electrons. The predicted octanol–water partition coefficient (Wildman–Crippen LogP) is 3.27. The van der Waals surface area contributed by atoms with Gasteiger partial charge in [-0.2, -0.15) is 0 Å². The van der Waals surface area contributed by atoms with Crippen LogP contribution in [0.3, 0.4) is 0 Å². The van der Waals surface area contributed by atoms with Crippen LogP contribution in [0.1, 0.15) is 20.8 Å². The first kappa shape index (κ1) is 17.7. The lowest BCUT2D eigenvalue weighted by Crippen LogP contribution is -2.33. The molecule has 0 heterocycles. The number of amides is 1. The molecule has 0 radical (unpaired) electrons. The Hall–Kier alpha value is -0.270. The first-order chi connectivity index (χ1) is 8.31. The summed E-state index contributed by atoms with van der Waals surface area (Å²) >= 11 is 4.99. The summed E-state index contributed by atoms with van der Waals surface area (Å²) in [5.41, 5.74) is -1.26. The van der Waals surface area contributed by atoms with Crippen molar-refractivity contribution >= 4 is 44.7 Å². The summed E-state index contributed by atoms with van der Waals surface area (Å²) in [6.07, 6.45) is -0.413. The number of carbonyl (C=O) groups is 2. The van der Waals surface area contributed by atoms with E-state index in [9.17, 15) is 9.59 Å². The van der Waals surface area contributed by atoms with Crippen LogP contribution in [0.15, 0.2) is 0 Å². The van der Waals surface area contributed by atoms with E-state index in [0.29, 0.717) is 18.9 Å². The molecule has 0 spiro atoms. The highest BCUT2D eigenvalue weighted by Gasteiger charge is 2.15. The van der Waals surface area contributed by atoms with Gasteiger partial charge < -0.3 is 14.8 Å². The third-order valence-corrected chi connectivity index (χ3v) is 3.80. The molecule has 0 aliphatic heterocycles. The maximum absolute atomic E-state index is 11.2. The van der Waals surface area contributed by atoms with Crippen LogP contribution in [-0.4, -0.2) is 41.8 Å². The Morgan fingerprint density at radius 2 is 1.83 bits per heavy atom. The topological polar surface area (TPSA) is 64.6 Å². The van der Waals surface area contributed by atoms with Gasteiger partial charge in [-0.15, -0.1) is 0 Å². The monoisotopic (exact) mass is 315 g/mol. The highest BCUT2D eigenvalue weighted by molar-refractivity contribution is 8.76. The van der Waals surface area contributed by atoms with E-state index in [1.54, 1.807) is 21.6 Å². The zero-order valence-electron chi connectivity index (χ0n) is 10.7. The average molecular weight is 316 g/mol. The Kier molecular flexibility index (Phi) is 9.49. The normalized spacial score (nSPS) is 10.9. The molecule has 0 aromatic carbocycles. The van der Waals surface area contributed by atoms with Gasteiger partial charge in [-0.05, 0) is 20.8 Å². The molecule has 0 fully saturated rings. The highest BCUT2D eigenvalue weighted by atomic mass is 35.5. The second kappa shape index (κ2) is 9.63. The van der Waals surface area contributed by atoms with Crippen molar-refractivity contribution in [2.45, 2.75) is 26.4 Å². The number of nitrogens with one attached hydrogen (secondary N) is 1. The van der Waals surface area contributed by atoms with Gasteiger partial charge in [0.25, 0.3) is 0 Å². The SMILES string of the molecule is CC(C)(C)OC(=O)NCCSSCCOC(=O)Cl. The summed E-state index contributed by atoms with van der Waals surface area (Å²) in [4.78, 5) is 21.5. The van der Waals surface area contributed by atoms with Gasteiger partial charge in [-0.1, -0.05) is 21.6 Å². The zero-order valence-corrected chi connectivity index (χ0v) is 13.0. The molecule has 0 aliphatic carbocycles. The van der Waals surface area contributed by atoms with Crippen LogP contribution in [0.5, 0.6) is 0 Å². The standard InChI is InChI=1S/C10H18ClNO4S2/c1-10(2,3)16-9(14)12-4-6-17-18-7-5-15-8(11)13/h4-7H2,1-3H3,(H,12,14). The third-order valence-electron chi connectivity index (χ3n) is 1.32. The second-order valence-electron chi connectivity index (χ2n) is 4.16. The summed E-state index contributed by atoms with van der Waals surface area (Å²) in [5, 5.41) is 2.65. The van der Waals surface area contributed by atoms with Crippen LogP contribution in [0.25, 0.3) is 0 Å². The second-order valence-corrected chi connectivity index (χ2v) is 7.17. The molecule has 0 atom stereocenters. The van der Waals surface area contributed by atoms with Gasteiger partial charge in [0.2, 0.25) is 0 Å². The molecule has 0 aromatic rings. The molecule has 0 aliphatic rings. The van der Waals surface area contributed by atoms with Crippen molar-refractivity contribution in [3.05, 3.63) is 0 Å². The molecule has 1 amide bonds. The number of rotatable bonds is 7. The minimum atomic E-state index is -0.785. The van der Waals surface area contributed by atoms with E-state index >= 15 is 0 Å². The van der Waals surface area contributed by atoms with Crippen LogP contribution >= 0.6 is 33.2 Å². The van der Waals surface area contributed by atoms with Gasteiger partial charge in [-0.3, -0.25) is 0 Å². The largest absolute Gasteiger partial charge is 0.453 e. The van der Waals surface area contributed by atoms with Gasteiger partial charge in [0, 0.05) is 29.7 Å². The lowest BCUT2D eigenvalue weighted by molar-refractivity contribution is 0.0531. The van der Waals surface area contributed by atoms with E-state index in [0.717, 1.165) is 5.75 Å². The number of alkyl carbamates (subject to hydrolysis) is 1. The van der Waals surface area contributed by atoms with E-state index in [2.05, 4.69) is 10.1 Å². The first-order valence-corrected chi connectivity index (χ1v) is 8.21. The van der Waals surface area contributed by atoms with Crippen LogP contribution in [0, 0.1) is 0 Å². The van der Waals surface area contributed by atoms with Crippen molar-refractivity contribution in [2.24, 2.45) is 0 Å². The molecule has 18 heavy (non-hydrogen) atoms. The summed E-state index contributed by atoms with van der Waals surface area (Å²) in [6, 6.07) is 0. The number of halogens is 1. The molecular formula is C10H18ClNO4S2. The highest BCUT2D eigenvalue weighted by Crippen LogP contribution is 2.19. The minimum Gasteiger partial charge on any atom is -0.453 e. The molecule has 5 nitrogen and oxygen atoms in total. The maximum atomic E-state index is 11.2. The quantitative estimate of drug-likeness (QED) is 0.442. The summed E-state index contributed by atoms with van der Waals surface area (Å²) in [5.74, 6) is 1.41. The number of hydrogen-bond donors (Lipinski definition) is 1. The lowest BCUT2D eigenvalue weighted by Gasteiger charge is -2.19. The van der Waals surface area contributed by atoms with Crippen molar-refractivity contribution in [3.63, 3.8) is 0 Å². The fourth-order valence-electron chi connectivity index (χ4n) is 0.783. The molecule has 8 heteroatoms. The van der Waals surface area contributed by atoms with Crippen molar-refractivity contribution in [1.29, 1.82) is 0 Å². The first-order valence-electron chi connectivity index (χ1n) is 5.35. The minimum absolute atomic E-state index is 0.291. The summed E-state index contributed by atoms with van der Waals surface area (Å²) in [6.45, 7) is 6.27. The Balaban J connectivity index is 3.30. The fourth-order valence-corrected chi connectivity index (χ4v) is 2.59. The van der Waals surface area contributed by atoms with Crippen LogP contribution in [0.4, 0.5) is 9.59 Å². The van der Waals surface area contributed by atoms with Gasteiger partial charge in [0.1, 0.15) is 12.2 Å². The Morgan fingerprint density at radius 3 is 2.39 bits per heavy atom.